The van der Waals surface area contributed by atoms with Crippen molar-refractivity contribution < 1.29 is 14.6 Å². The average Bonchev–Trinajstić information content (AvgIpc) is 2.20. The number of esters is 1. The third-order valence-electron chi connectivity index (χ3n) is 2.13. The van der Waals surface area contributed by atoms with Crippen molar-refractivity contribution in [1.29, 1.82) is 0 Å². The van der Waals surface area contributed by atoms with Gasteiger partial charge in [0, 0.05) is 0 Å². The van der Waals surface area contributed by atoms with Gasteiger partial charge < -0.3 is 9.84 Å². The fourth-order valence-corrected chi connectivity index (χ4v) is 1.37. The first-order valence-corrected chi connectivity index (χ1v) is 4.94. The maximum atomic E-state index is 11.0. The van der Waals surface area contributed by atoms with E-state index in [1.54, 1.807) is 6.92 Å². The maximum Gasteiger partial charge on any atom is 0.309 e. The molecular formula is C12H16O3. The second-order valence-electron chi connectivity index (χ2n) is 3.62. The Bertz CT molecular complexity index is 314. The zero-order chi connectivity index (χ0) is 11.3. The maximum absolute atomic E-state index is 11.0. The van der Waals surface area contributed by atoms with Crippen molar-refractivity contribution in [3.05, 3.63) is 35.4 Å². The van der Waals surface area contributed by atoms with Crippen molar-refractivity contribution in [3.63, 3.8) is 0 Å². The lowest BCUT2D eigenvalue weighted by Crippen LogP contribution is -2.06. The lowest BCUT2D eigenvalue weighted by atomic mass is 10.1. The van der Waals surface area contributed by atoms with Gasteiger partial charge in [-0.3, -0.25) is 4.79 Å². The van der Waals surface area contributed by atoms with Gasteiger partial charge in [0.1, 0.15) is 0 Å². The van der Waals surface area contributed by atoms with Crippen molar-refractivity contribution in [2.75, 3.05) is 7.11 Å². The molecule has 1 unspecified atom stereocenters. The third kappa shape index (κ3) is 4.13. The molecule has 0 saturated heterocycles. The number of carbonyl (C=O) groups is 1. The van der Waals surface area contributed by atoms with Crippen LogP contribution in [-0.4, -0.2) is 24.3 Å². The summed E-state index contributed by atoms with van der Waals surface area (Å²) in [5.41, 5.74) is 2.00. The first-order valence-electron chi connectivity index (χ1n) is 4.94. The number of benzene rings is 1. The number of aliphatic hydroxyl groups excluding tert-OH is 1. The largest absolute Gasteiger partial charge is 0.469 e. The van der Waals surface area contributed by atoms with Crippen LogP contribution in [0.1, 0.15) is 18.1 Å². The molecule has 0 fully saturated rings. The van der Waals surface area contributed by atoms with E-state index in [0.717, 1.165) is 11.1 Å². The summed E-state index contributed by atoms with van der Waals surface area (Å²) in [6.45, 7) is 1.75. The number of ether oxygens (including phenoxy) is 1. The Hall–Kier alpha value is -1.35. The smallest absolute Gasteiger partial charge is 0.309 e. The summed E-state index contributed by atoms with van der Waals surface area (Å²) in [4.78, 5) is 11.0. The van der Waals surface area contributed by atoms with Crippen molar-refractivity contribution in [1.82, 2.24) is 0 Å². The highest BCUT2D eigenvalue weighted by Crippen LogP contribution is 2.07. The van der Waals surface area contributed by atoms with Crippen LogP contribution in [0, 0.1) is 0 Å². The molecule has 0 aromatic heterocycles. The Morgan fingerprint density at radius 2 is 1.87 bits per heavy atom. The van der Waals surface area contributed by atoms with E-state index >= 15 is 0 Å². The molecule has 1 aromatic carbocycles. The topological polar surface area (TPSA) is 46.5 Å². The fraction of sp³-hybridized carbons (Fsp3) is 0.417. The molecule has 0 amide bonds. The highest BCUT2D eigenvalue weighted by Gasteiger charge is 2.03. The van der Waals surface area contributed by atoms with Gasteiger partial charge in [-0.05, 0) is 24.5 Å². The standard InChI is InChI=1S/C12H16O3/c1-9(13)7-10-3-5-11(6-4-10)8-12(14)15-2/h3-6,9,13H,7-8H2,1-2H3. The van der Waals surface area contributed by atoms with Gasteiger partial charge in [0.15, 0.2) is 0 Å². The van der Waals surface area contributed by atoms with Crippen LogP contribution in [0.25, 0.3) is 0 Å². The van der Waals surface area contributed by atoms with Crippen LogP contribution in [0.4, 0.5) is 0 Å². The second-order valence-corrected chi connectivity index (χ2v) is 3.62. The van der Waals surface area contributed by atoms with Gasteiger partial charge in [0.25, 0.3) is 0 Å². The number of rotatable bonds is 4. The lowest BCUT2D eigenvalue weighted by molar-refractivity contribution is -0.139. The minimum absolute atomic E-state index is 0.238. The summed E-state index contributed by atoms with van der Waals surface area (Å²) in [6, 6.07) is 7.61. The molecule has 1 atom stereocenters. The molecule has 3 heteroatoms. The summed E-state index contributed by atoms with van der Waals surface area (Å²) in [5, 5.41) is 9.18. The molecule has 0 aliphatic rings. The molecule has 1 N–H and O–H groups in total. The number of carbonyl (C=O) groups excluding carboxylic acids is 1. The number of hydrogen-bond acceptors (Lipinski definition) is 3. The van der Waals surface area contributed by atoms with Gasteiger partial charge in [0.2, 0.25) is 0 Å². The van der Waals surface area contributed by atoms with Crippen LogP contribution in [0.15, 0.2) is 24.3 Å². The molecule has 0 aliphatic carbocycles. The van der Waals surface area contributed by atoms with Gasteiger partial charge in [-0.2, -0.15) is 0 Å². The van der Waals surface area contributed by atoms with E-state index in [1.165, 1.54) is 7.11 Å². The number of hydrogen-bond donors (Lipinski definition) is 1. The zero-order valence-corrected chi connectivity index (χ0v) is 9.06. The Kier molecular flexibility index (Phi) is 4.31. The highest BCUT2D eigenvalue weighted by molar-refractivity contribution is 5.72. The molecule has 0 bridgehead atoms. The molecule has 1 rings (SSSR count). The Morgan fingerprint density at radius 3 is 2.33 bits per heavy atom. The lowest BCUT2D eigenvalue weighted by Gasteiger charge is -2.05. The van der Waals surface area contributed by atoms with E-state index in [0.29, 0.717) is 12.8 Å². The van der Waals surface area contributed by atoms with Crippen molar-refractivity contribution in [3.8, 4) is 0 Å². The fourth-order valence-electron chi connectivity index (χ4n) is 1.37. The van der Waals surface area contributed by atoms with E-state index in [1.807, 2.05) is 24.3 Å². The van der Waals surface area contributed by atoms with E-state index < -0.39 is 0 Å². The summed E-state index contributed by atoms with van der Waals surface area (Å²) >= 11 is 0. The monoisotopic (exact) mass is 208 g/mol. The van der Waals surface area contributed by atoms with Gasteiger partial charge >= 0.3 is 5.97 Å². The van der Waals surface area contributed by atoms with Crippen LogP contribution < -0.4 is 0 Å². The highest BCUT2D eigenvalue weighted by atomic mass is 16.5. The van der Waals surface area contributed by atoms with E-state index in [-0.39, 0.29) is 12.1 Å². The van der Waals surface area contributed by atoms with E-state index in [9.17, 15) is 9.90 Å². The van der Waals surface area contributed by atoms with Crippen LogP contribution in [0.5, 0.6) is 0 Å². The van der Waals surface area contributed by atoms with Crippen molar-refractivity contribution >= 4 is 5.97 Å². The Balaban J connectivity index is 2.60. The molecule has 15 heavy (non-hydrogen) atoms. The van der Waals surface area contributed by atoms with Gasteiger partial charge in [-0.1, -0.05) is 24.3 Å². The van der Waals surface area contributed by atoms with Crippen LogP contribution in [0.2, 0.25) is 0 Å². The summed E-state index contributed by atoms with van der Waals surface area (Å²) in [7, 11) is 1.38. The predicted octanol–water partition coefficient (Wildman–Crippen LogP) is 1.33. The summed E-state index contributed by atoms with van der Waals surface area (Å²) in [6.07, 6.45) is 0.598. The van der Waals surface area contributed by atoms with Gasteiger partial charge in [-0.15, -0.1) is 0 Å². The average molecular weight is 208 g/mol. The van der Waals surface area contributed by atoms with Gasteiger partial charge in [-0.25, -0.2) is 0 Å². The first kappa shape index (κ1) is 11.7. The molecule has 3 nitrogen and oxygen atoms in total. The molecule has 1 aromatic rings. The summed E-state index contributed by atoms with van der Waals surface area (Å²) in [5.74, 6) is -0.238. The Labute approximate surface area is 89.7 Å². The number of aliphatic hydroxyl groups is 1. The first-order chi connectivity index (χ1) is 7.11. The van der Waals surface area contributed by atoms with Crippen LogP contribution in [-0.2, 0) is 22.4 Å². The van der Waals surface area contributed by atoms with E-state index in [4.69, 9.17) is 0 Å². The quantitative estimate of drug-likeness (QED) is 0.759. The zero-order valence-electron chi connectivity index (χ0n) is 9.06. The molecular weight excluding hydrogens is 192 g/mol. The Morgan fingerprint density at radius 1 is 1.33 bits per heavy atom. The molecule has 0 aliphatic heterocycles. The minimum Gasteiger partial charge on any atom is -0.469 e. The van der Waals surface area contributed by atoms with Crippen LogP contribution >= 0.6 is 0 Å². The molecule has 0 spiro atoms. The predicted molar refractivity (Wildman–Crippen MR) is 57.5 cm³/mol. The third-order valence-corrected chi connectivity index (χ3v) is 2.13. The van der Waals surface area contributed by atoms with Crippen molar-refractivity contribution in [2.24, 2.45) is 0 Å². The SMILES string of the molecule is COC(=O)Cc1ccc(CC(C)O)cc1. The second kappa shape index (κ2) is 5.51. The normalized spacial score (nSPS) is 12.2. The van der Waals surface area contributed by atoms with E-state index in [2.05, 4.69) is 4.74 Å². The number of methoxy groups -OCH3 is 1. The van der Waals surface area contributed by atoms with Gasteiger partial charge in [0.05, 0.1) is 19.6 Å². The molecule has 0 heterocycles. The molecule has 0 saturated carbocycles. The molecule has 0 radical (unpaired) electrons. The minimum atomic E-state index is -0.337. The van der Waals surface area contributed by atoms with Crippen LogP contribution in [0.3, 0.4) is 0 Å². The summed E-state index contributed by atoms with van der Waals surface area (Å²) < 4.78 is 4.57. The van der Waals surface area contributed by atoms with Crippen molar-refractivity contribution in [2.45, 2.75) is 25.9 Å². The molecule has 82 valence electrons.